The Morgan fingerprint density at radius 3 is 1.59 bits per heavy atom. The lowest BCUT2D eigenvalue weighted by molar-refractivity contribution is -0.129. The molecule has 0 spiro atoms. The van der Waals surface area contributed by atoms with E-state index in [2.05, 4.69) is 19.1 Å². The fourth-order valence-corrected chi connectivity index (χ4v) is 5.72. The van der Waals surface area contributed by atoms with E-state index in [4.69, 9.17) is 0 Å². The minimum atomic E-state index is -0.475. The van der Waals surface area contributed by atoms with Crippen LogP contribution in [0.3, 0.4) is 0 Å². The highest BCUT2D eigenvalue weighted by atomic mass is 16.2. The van der Waals surface area contributed by atoms with Crippen LogP contribution >= 0.6 is 0 Å². The van der Waals surface area contributed by atoms with Gasteiger partial charge in [0.2, 0.25) is 0 Å². The Bertz CT molecular complexity index is 611. The molecule has 116 valence electrons. The number of hydrogen-bond acceptors (Lipinski definition) is 2. The zero-order chi connectivity index (χ0) is 15.6. The van der Waals surface area contributed by atoms with Crippen LogP contribution in [0.5, 0.6) is 0 Å². The van der Waals surface area contributed by atoms with Crippen LogP contribution in [0.15, 0.2) is 12.1 Å². The molecule has 2 bridgehead atoms. The van der Waals surface area contributed by atoms with Gasteiger partial charge >= 0.3 is 0 Å². The second-order valence-corrected chi connectivity index (χ2v) is 7.78. The summed E-state index contributed by atoms with van der Waals surface area (Å²) in [7, 11) is 0. The topological polar surface area (TPSA) is 34.1 Å². The second kappa shape index (κ2) is 4.78. The Hall–Kier alpha value is -1.44. The van der Waals surface area contributed by atoms with Crippen molar-refractivity contribution in [2.24, 2.45) is 23.7 Å². The Kier molecular flexibility index (Phi) is 3.08. The van der Waals surface area contributed by atoms with Crippen LogP contribution in [0, 0.1) is 44.4 Å². The molecule has 5 rings (SSSR count). The first-order chi connectivity index (χ1) is 10.5. The fraction of sp³-hybridized carbons (Fsp3) is 0.600. The molecule has 1 aromatic rings. The van der Waals surface area contributed by atoms with Crippen molar-refractivity contribution in [3.8, 4) is 0 Å². The van der Waals surface area contributed by atoms with E-state index in [1.54, 1.807) is 0 Å². The van der Waals surface area contributed by atoms with Gasteiger partial charge in [0.25, 0.3) is 0 Å². The number of hydrogen-bond donors (Lipinski definition) is 0. The normalized spacial score (nSPS) is 36.8. The summed E-state index contributed by atoms with van der Waals surface area (Å²) in [5.41, 5.74) is 4.42. The zero-order valence-corrected chi connectivity index (χ0v) is 13.7. The van der Waals surface area contributed by atoms with Gasteiger partial charge in [-0.2, -0.15) is 0 Å². The van der Waals surface area contributed by atoms with Crippen LogP contribution in [0.1, 0.15) is 53.9 Å². The first-order valence-electron chi connectivity index (χ1n) is 8.64. The maximum absolute atomic E-state index is 13.1. The van der Waals surface area contributed by atoms with Crippen molar-refractivity contribution < 1.29 is 9.59 Å². The lowest BCUT2D eigenvalue weighted by Crippen LogP contribution is -2.41. The molecule has 4 saturated carbocycles. The van der Waals surface area contributed by atoms with Crippen LogP contribution in [-0.4, -0.2) is 11.6 Å². The molecule has 0 saturated heterocycles. The largest absolute Gasteiger partial charge is 0.298 e. The number of ketones is 2. The van der Waals surface area contributed by atoms with Gasteiger partial charge in [-0.05, 0) is 75.0 Å². The third-order valence-corrected chi connectivity index (χ3v) is 6.47. The molecule has 3 atom stereocenters. The highest BCUT2D eigenvalue weighted by Crippen LogP contribution is 2.56. The molecule has 22 heavy (non-hydrogen) atoms. The van der Waals surface area contributed by atoms with Gasteiger partial charge in [-0.15, -0.1) is 0 Å². The molecule has 1 aromatic carbocycles. The van der Waals surface area contributed by atoms with Crippen molar-refractivity contribution in [3.63, 3.8) is 0 Å². The molecular formula is C20H24O2. The van der Waals surface area contributed by atoms with Crippen molar-refractivity contribution in [2.75, 3.05) is 0 Å². The molecule has 0 N–H and O–H groups in total. The summed E-state index contributed by atoms with van der Waals surface area (Å²) in [4.78, 5) is 26.2. The maximum Gasteiger partial charge on any atom is 0.151 e. The minimum Gasteiger partial charge on any atom is -0.298 e. The van der Waals surface area contributed by atoms with Crippen LogP contribution in [0.4, 0.5) is 0 Å². The third kappa shape index (κ3) is 1.79. The Balaban J connectivity index is 1.81. The van der Waals surface area contributed by atoms with E-state index in [9.17, 15) is 9.59 Å². The number of Topliss-reactive ketones (excluding diaryl/α,β-unsaturated/α-hetero) is 2. The molecule has 0 amide bonds. The van der Waals surface area contributed by atoms with Crippen LogP contribution in [0.2, 0.25) is 0 Å². The number of fused-ring (bicyclic) bond motifs is 2. The lowest BCUT2D eigenvalue weighted by Gasteiger charge is -2.43. The average molecular weight is 296 g/mol. The van der Waals surface area contributed by atoms with Gasteiger partial charge in [-0.1, -0.05) is 17.7 Å². The summed E-state index contributed by atoms with van der Waals surface area (Å²) in [5, 5.41) is 0. The fourth-order valence-electron chi connectivity index (χ4n) is 5.72. The summed E-state index contributed by atoms with van der Waals surface area (Å²) in [6.07, 6.45) is 4.62. The molecule has 4 aliphatic rings. The van der Waals surface area contributed by atoms with E-state index in [1.165, 1.54) is 5.56 Å². The van der Waals surface area contributed by atoms with Crippen LogP contribution in [-0.2, 0) is 9.59 Å². The molecular weight excluding hydrogens is 272 g/mol. The first kappa shape index (κ1) is 14.2. The Morgan fingerprint density at radius 1 is 0.773 bits per heavy atom. The third-order valence-electron chi connectivity index (χ3n) is 6.47. The summed E-state index contributed by atoms with van der Waals surface area (Å²) >= 11 is 0. The second-order valence-electron chi connectivity index (χ2n) is 7.78. The van der Waals surface area contributed by atoms with Crippen molar-refractivity contribution in [3.05, 3.63) is 34.4 Å². The molecule has 0 heterocycles. The number of rotatable bonds is 1. The standard InChI is InChI=1S/C20H24O2/c1-10-8-11(2)15(12(3)9-10)18-19(21)16-13-4-5-14(7-6-13)17(16)20(18)22/h8-9,13-14,16-18H,4-7H2,1-3H3/t13?,14?,16-,17+,18?. The van der Waals surface area contributed by atoms with E-state index < -0.39 is 5.92 Å². The van der Waals surface area contributed by atoms with Gasteiger partial charge in [0, 0.05) is 11.8 Å². The highest BCUT2D eigenvalue weighted by Gasteiger charge is 2.59. The van der Waals surface area contributed by atoms with Crippen molar-refractivity contribution >= 4 is 11.6 Å². The molecule has 4 fully saturated rings. The van der Waals surface area contributed by atoms with Crippen LogP contribution < -0.4 is 0 Å². The highest BCUT2D eigenvalue weighted by molar-refractivity contribution is 6.16. The predicted octanol–water partition coefficient (Wildman–Crippen LogP) is 3.90. The Morgan fingerprint density at radius 2 is 1.18 bits per heavy atom. The molecule has 2 nitrogen and oxygen atoms in total. The van der Waals surface area contributed by atoms with Gasteiger partial charge in [0.1, 0.15) is 5.92 Å². The number of carbonyl (C=O) groups is 2. The van der Waals surface area contributed by atoms with E-state index >= 15 is 0 Å². The van der Waals surface area contributed by atoms with Crippen LogP contribution in [0.25, 0.3) is 0 Å². The van der Waals surface area contributed by atoms with Gasteiger partial charge in [0.15, 0.2) is 11.6 Å². The van der Waals surface area contributed by atoms with Crippen molar-refractivity contribution in [1.29, 1.82) is 0 Å². The predicted molar refractivity (Wildman–Crippen MR) is 85.8 cm³/mol. The van der Waals surface area contributed by atoms with Crippen molar-refractivity contribution in [2.45, 2.75) is 52.4 Å². The summed E-state index contributed by atoms with van der Waals surface area (Å²) in [6, 6.07) is 4.22. The summed E-state index contributed by atoms with van der Waals surface area (Å²) < 4.78 is 0. The maximum atomic E-state index is 13.1. The number of aryl methyl sites for hydroxylation is 3. The average Bonchev–Trinajstić information content (AvgIpc) is 2.75. The quantitative estimate of drug-likeness (QED) is 0.737. The number of benzene rings is 1. The smallest absolute Gasteiger partial charge is 0.151 e. The van der Waals surface area contributed by atoms with E-state index in [1.807, 2.05) is 13.8 Å². The molecule has 0 aliphatic heterocycles. The van der Waals surface area contributed by atoms with E-state index in [0.717, 1.165) is 42.4 Å². The molecule has 2 heteroatoms. The molecule has 0 aromatic heterocycles. The van der Waals surface area contributed by atoms with Gasteiger partial charge in [0.05, 0.1) is 0 Å². The first-order valence-corrected chi connectivity index (χ1v) is 8.64. The molecule has 0 radical (unpaired) electrons. The summed E-state index contributed by atoms with van der Waals surface area (Å²) in [6.45, 7) is 6.17. The lowest BCUT2D eigenvalue weighted by atomic mass is 9.59. The van der Waals surface area contributed by atoms with Gasteiger partial charge < -0.3 is 0 Å². The monoisotopic (exact) mass is 296 g/mol. The minimum absolute atomic E-state index is 0.0325. The van der Waals surface area contributed by atoms with Gasteiger partial charge in [-0.3, -0.25) is 9.59 Å². The molecule has 1 unspecified atom stereocenters. The van der Waals surface area contributed by atoms with Gasteiger partial charge in [-0.25, -0.2) is 0 Å². The zero-order valence-electron chi connectivity index (χ0n) is 13.7. The number of carbonyl (C=O) groups excluding carboxylic acids is 2. The Labute approximate surface area is 132 Å². The summed E-state index contributed by atoms with van der Waals surface area (Å²) in [5.74, 6) is 1.01. The SMILES string of the molecule is Cc1cc(C)c(C2C(=O)[C@@H]3C4CCC(CC4)[C@@H]3C2=O)c(C)c1. The van der Waals surface area contributed by atoms with E-state index in [0.29, 0.717) is 11.8 Å². The van der Waals surface area contributed by atoms with E-state index in [-0.39, 0.29) is 23.4 Å². The van der Waals surface area contributed by atoms with Crippen molar-refractivity contribution in [1.82, 2.24) is 0 Å². The molecule has 4 aliphatic carbocycles.